The van der Waals surface area contributed by atoms with Crippen LogP contribution in [-0.4, -0.2) is 98.8 Å². The third-order valence-electron chi connectivity index (χ3n) is 10.3. The Morgan fingerprint density at radius 1 is 0.963 bits per heavy atom. The van der Waals surface area contributed by atoms with Crippen LogP contribution in [0.5, 0.6) is 0 Å². The minimum Gasteiger partial charge on any atom is -0.388 e. The average molecular weight is 730 g/mol. The van der Waals surface area contributed by atoms with Gasteiger partial charge in [0.2, 0.25) is 5.95 Å². The summed E-state index contributed by atoms with van der Waals surface area (Å²) in [6.45, 7) is 3.95. The SMILES string of the molecule is CCc1nnn([C@H]2C[C@@H](n3cnc4c(NCC(c5ccccc5)c5ccccc5)nc(N5CC[C@H](NC(=O)NCc6cccnc6)C5)nc43)[C@H](O)[C@@H]2O)n1. The molecule has 2 fully saturated rings. The summed E-state index contributed by atoms with van der Waals surface area (Å²) in [6.07, 6.45) is 4.45. The second-order valence-corrected chi connectivity index (χ2v) is 13.8. The standard InChI is InChI=1S/C38H43N13O3/c1-2-31-46-48-51(47-31)30-18-29(33(52)34(30)53)50-23-42-32-35(40-21-28(25-11-5-3-6-12-25)26-13-7-4-8-14-26)44-37(45-36(32)50)49-17-15-27(22-49)43-38(54)41-20-24-10-9-16-39-19-24/h3-14,16,19,23,27-30,33-34,52-53H,2,15,17-18,20-22H2,1H3,(H,40,44,45)(H2,41,43,54)/t27-,29+,30-,33-,34+/m0/s1. The molecule has 1 saturated carbocycles. The van der Waals surface area contributed by atoms with E-state index < -0.39 is 24.3 Å². The van der Waals surface area contributed by atoms with Crippen LogP contribution in [0, 0.1) is 0 Å². The summed E-state index contributed by atoms with van der Waals surface area (Å²) in [7, 11) is 0. The molecule has 0 radical (unpaired) electrons. The number of aromatic nitrogens is 9. The molecular formula is C38H43N13O3. The fourth-order valence-electron chi connectivity index (χ4n) is 7.42. The molecule has 5 N–H and O–H groups in total. The topological polar surface area (TPSA) is 197 Å². The van der Waals surface area contributed by atoms with E-state index in [9.17, 15) is 15.0 Å². The molecule has 16 nitrogen and oxygen atoms in total. The van der Waals surface area contributed by atoms with E-state index in [0.717, 1.165) is 16.7 Å². The molecule has 5 atom stereocenters. The van der Waals surface area contributed by atoms with Crippen LogP contribution < -0.4 is 20.9 Å². The molecule has 2 aromatic carbocycles. The summed E-state index contributed by atoms with van der Waals surface area (Å²) < 4.78 is 1.82. The normalized spacial score (nSPS) is 21.2. The Balaban J connectivity index is 1.08. The summed E-state index contributed by atoms with van der Waals surface area (Å²) >= 11 is 0. The van der Waals surface area contributed by atoms with Gasteiger partial charge in [0.1, 0.15) is 18.2 Å². The number of carbonyl (C=O) groups is 1. The molecule has 1 aliphatic carbocycles. The summed E-state index contributed by atoms with van der Waals surface area (Å²) in [5.41, 5.74) is 4.28. The number of hydrogen-bond donors (Lipinski definition) is 5. The largest absolute Gasteiger partial charge is 0.388 e. The zero-order chi connectivity index (χ0) is 37.0. The number of nitrogens with one attached hydrogen (secondary N) is 3. The van der Waals surface area contributed by atoms with Gasteiger partial charge in [0.15, 0.2) is 22.8 Å². The van der Waals surface area contributed by atoms with E-state index in [-0.39, 0.29) is 18.0 Å². The first-order valence-electron chi connectivity index (χ1n) is 18.4. The van der Waals surface area contributed by atoms with Gasteiger partial charge in [0, 0.05) is 57.0 Å². The number of fused-ring (bicyclic) bond motifs is 1. The number of benzene rings is 2. The van der Waals surface area contributed by atoms with E-state index in [2.05, 4.69) is 60.6 Å². The Morgan fingerprint density at radius 3 is 2.43 bits per heavy atom. The zero-order valence-electron chi connectivity index (χ0n) is 29.8. The molecule has 8 rings (SSSR count). The highest BCUT2D eigenvalue weighted by atomic mass is 16.3. The average Bonchev–Trinajstić information content (AvgIpc) is 4.03. The van der Waals surface area contributed by atoms with Crippen LogP contribution in [0.2, 0.25) is 0 Å². The third kappa shape index (κ3) is 7.30. The molecule has 54 heavy (non-hydrogen) atoms. The van der Waals surface area contributed by atoms with Crippen molar-refractivity contribution in [3.8, 4) is 0 Å². The Hall–Kier alpha value is -6.00. The van der Waals surface area contributed by atoms with Gasteiger partial charge in [-0.15, -0.1) is 10.2 Å². The fraction of sp³-hybridized carbons (Fsp3) is 0.368. The number of nitrogens with zero attached hydrogens (tertiary/aromatic N) is 10. The summed E-state index contributed by atoms with van der Waals surface area (Å²) in [5, 5.41) is 44.8. The van der Waals surface area contributed by atoms with Crippen molar-refractivity contribution in [3.63, 3.8) is 0 Å². The molecule has 0 bridgehead atoms. The minimum atomic E-state index is -1.13. The van der Waals surface area contributed by atoms with Crippen molar-refractivity contribution in [1.82, 2.24) is 55.3 Å². The summed E-state index contributed by atoms with van der Waals surface area (Å²) in [6, 6.07) is 22.9. The monoisotopic (exact) mass is 729 g/mol. The van der Waals surface area contributed by atoms with Gasteiger partial charge in [0.25, 0.3) is 0 Å². The lowest BCUT2D eigenvalue weighted by Crippen LogP contribution is -2.43. The van der Waals surface area contributed by atoms with Gasteiger partial charge < -0.3 is 35.6 Å². The molecule has 16 heteroatoms. The predicted molar refractivity (Wildman–Crippen MR) is 201 cm³/mol. The molecule has 4 aromatic heterocycles. The van der Waals surface area contributed by atoms with Gasteiger partial charge in [-0.2, -0.15) is 14.8 Å². The maximum absolute atomic E-state index is 12.8. The number of hydrogen-bond acceptors (Lipinski definition) is 12. The van der Waals surface area contributed by atoms with Gasteiger partial charge in [-0.05, 0) is 40.8 Å². The van der Waals surface area contributed by atoms with Crippen LogP contribution in [0.15, 0.2) is 91.5 Å². The van der Waals surface area contributed by atoms with E-state index in [1.165, 1.54) is 4.80 Å². The molecule has 1 aliphatic heterocycles. The van der Waals surface area contributed by atoms with E-state index in [4.69, 9.17) is 15.0 Å². The number of aliphatic hydroxyl groups excluding tert-OH is 2. The van der Waals surface area contributed by atoms with Gasteiger partial charge in [-0.3, -0.25) is 4.98 Å². The molecule has 5 heterocycles. The lowest BCUT2D eigenvalue weighted by atomic mass is 9.91. The lowest BCUT2D eigenvalue weighted by molar-refractivity contribution is 0.00473. The predicted octanol–water partition coefficient (Wildman–Crippen LogP) is 3.00. The van der Waals surface area contributed by atoms with Crippen molar-refractivity contribution in [3.05, 3.63) is 114 Å². The number of tetrazole rings is 1. The maximum Gasteiger partial charge on any atom is 0.315 e. The van der Waals surface area contributed by atoms with Crippen LogP contribution in [-0.2, 0) is 13.0 Å². The highest BCUT2D eigenvalue weighted by Crippen LogP contribution is 2.40. The smallest absolute Gasteiger partial charge is 0.315 e. The van der Waals surface area contributed by atoms with Crippen LogP contribution in [0.3, 0.4) is 0 Å². The zero-order valence-corrected chi connectivity index (χ0v) is 29.8. The Morgan fingerprint density at radius 2 is 1.72 bits per heavy atom. The van der Waals surface area contributed by atoms with E-state index in [0.29, 0.717) is 74.2 Å². The van der Waals surface area contributed by atoms with Crippen LogP contribution in [0.1, 0.15) is 60.3 Å². The number of aliphatic hydroxyl groups is 2. The number of rotatable bonds is 12. The van der Waals surface area contributed by atoms with Crippen molar-refractivity contribution < 1.29 is 15.0 Å². The maximum atomic E-state index is 12.8. The van der Waals surface area contributed by atoms with Crippen LogP contribution in [0.25, 0.3) is 11.2 Å². The number of urea groups is 1. The van der Waals surface area contributed by atoms with Crippen molar-refractivity contribution in [2.75, 3.05) is 29.9 Å². The second-order valence-electron chi connectivity index (χ2n) is 13.8. The van der Waals surface area contributed by atoms with Crippen molar-refractivity contribution in [2.24, 2.45) is 0 Å². The molecule has 0 unspecified atom stereocenters. The minimum absolute atomic E-state index is 0.0178. The number of pyridine rings is 1. The summed E-state index contributed by atoms with van der Waals surface area (Å²) in [4.78, 5) is 35.2. The van der Waals surface area contributed by atoms with Crippen LogP contribution >= 0.6 is 0 Å². The molecule has 6 aromatic rings. The van der Waals surface area contributed by atoms with Gasteiger partial charge in [-0.1, -0.05) is 73.7 Å². The van der Waals surface area contributed by atoms with E-state index in [1.54, 1.807) is 18.7 Å². The highest BCUT2D eigenvalue weighted by molar-refractivity contribution is 5.84. The van der Waals surface area contributed by atoms with Gasteiger partial charge in [-0.25, -0.2) is 9.78 Å². The second kappa shape index (κ2) is 15.5. The molecule has 2 aliphatic rings. The number of amides is 2. The Labute approximate surface area is 311 Å². The van der Waals surface area contributed by atoms with E-state index >= 15 is 0 Å². The van der Waals surface area contributed by atoms with Gasteiger partial charge >= 0.3 is 6.03 Å². The molecule has 278 valence electrons. The fourth-order valence-corrected chi connectivity index (χ4v) is 7.42. The Bertz CT molecular complexity index is 2130. The quantitative estimate of drug-likeness (QED) is 0.124. The van der Waals surface area contributed by atoms with Crippen molar-refractivity contribution >= 4 is 29.0 Å². The number of imidazole rings is 1. The first-order valence-corrected chi connectivity index (χ1v) is 18.4. The molecule has 0 spiro atoms. The third-order valence-corrected chi connectivity index (χ3v) is 10.3. The molecular weight excluding hydrogens is 687 g/mol. The number of aryl methyl sites for hydroxylation is 1. The van der Waals surface area contributed by atoms with E-state index in [1.807, 2.05) is 64.9 Å². The Kier molecular flexibility index (Phi) is 10.1. The van der Waals surface area contributed by atoms with Crippen LogP contribution in [0.4, 0.5) is 16.6 Å². The lowest BCUT2D eigenvalue weighted by Gasteiger charge is -2.22. The molecule has 2 amide bonds. The van der Waals surface area contributed by atoms with Gasteiger partial charge in [0.05, 0.1) is 12.4 Å². The first kappa shape index (κ1) is 35.1. The summed E-state index contributed by atoms with van der Waals surface area (Å²) in [5.74, 6) is 1.60. The number of carbonyl (C=O) groups excluding carboxylic acids is 1. The van der Waals surface area contributed by atoms with Crippen molar-refractivity contribution in [1.29, 1.82) is 0 Å². The molecule has 1 saturated heterocycles. The number of anilines is 2. The van der Waals surface area contributed by atoms with Crippen molar-refractivity contribution in [2.45, 2.75) is 69.0 Å². The highest BCUT2D eigenvalue weighted by Gasteiger charge is 2.45. The first-order chi connectivity index (χ1) is 26.4.